The summed E-state index contributed by atoms with van der Waals surface area (Å²) in [7, 11) is 1.98. The minimum Gasteiger partial charge on any atom is -0.369 e. The normalized spacial score (nSPS) is 16.4. The molecule has 0 aromatic heterocycles. The number of nitrogens with zero attached hydrogens (tertiary/aromatic N) is 2. The van der Waals surface area contributed by atoms with E-state index in [4.69, 9.17) is 0 Å². The lowest BCUT2D eigenvalue weighted by molar-refractivity contribution is 0.277. The van der Waals surface area contributed by atoms with Crippen molar-refractivity contribution in [3.8, 4) is 0 Å². The largest absolute Gasteiger partial charge is 0.369 e. The van der Waals surface area contributed by atoms with Crippen molar-refractivity contribution in [3.05, 3.63) is 41.5 Å². The number of hydrogen-bond donors (Lipinski definition) is 1. The van der Waals surface area contributed by atoms with Gasteiger partial charge in [0.2, 0.25) is 0 Å². The lowest BCUT2D eigenvalue weighted by Gasteiger charge is -2.37. The van der Waals surface area contributed by atoms with E-state index in [2.05, 4.69) is 53.7 Å². The lowest BCUT2D eigenvalue weighted by atomic mass is 10.1. The van der Waals surface area contributed by atoms with Crippen molar-refractivity contribution in [3.63, 3.8) is 0 Å². The van der Waals surface area contributed by atoms with E-state index in [9.17, 15) is 0 Å². The van der Waals surface area contributed by atoms with Crippen LogP contribution in [0.4, 0.5) is 5.69 Å². The van der Waals surface area contributed by atoms with Gasteiger partial charge in [0.1, 0.15) is 0 Å². The van der Waals surface area contributed by atoms with Gasteiger partial charge < -0.3 is 10.2 Å². The number of likely N-dealkylation sites (N-methyl/N-ethyl adjacent to an activating group) is 1. The summed E-state index contributed by atoms with van der Waals surface area (Å²) in [6.45, 7) is 14.9. The van der Waals surface area contributed by atoms with Crippen molar-refractivity contribution in [2.24, 2.45) is 0 Å². The Morgan fingerprint density at radius 3 is 2.55 bits per heavy atom. The fraction of sp³-hybridized carbons (Fsp3) is 0.529. The van der Waals surface area contributed by atoms with Crippen LogP contribution < -0.4 is 10.2 Å². The van der Waals surface area contributed by atoms with Gasteiger partial charge in [0.25, 0.3) is 0 Å². The van der Waals surface area contributed by atoms with E-state index in [1.165, 1.54) is 22.4 Å². The lowest BCUT2D eigenvalue weighted by Crippen LogP contribution is -2.47. The maximum atomic E-state index is 4.12. The zero-order valence-electron chi connectivity index (χ0n) is 13.1. The number of nitrogens with one attached hydrogen (secondary N) is 1. The predicted octanol–water partition coefficient (Wildman–Crippen LogP) is 2.20. The Morgan fingerprint density at radius 1 is 1.20 bits per heavy atom. The molecule has 0 saturated carbocycles. The molecule has 20 heavy (non-hydrogen) atoms. The Bertz CT molecular complexity index is 459. The fourth-order valence-corrected chi connectivity index (χ4v) is 2.85. The summed E-state index contributed by atoms with van der Waals surface area (Å²) in [4.78, 5) is 5.01. The summed E-state index contributed by atoms with van der Waals surface area (Å²) in [5.74, 6) is 0. The van der Waals surface area contributed by atoms with Crippen molar-refractivity contribution in [1.29, 1.82) is 0 Å². The van der Waals surface area contributed by atoms with Crippen molar-refractivity contribution < 1.29 is 0 Å². The minimum absolute atomic E-state index is 0.914. The molecule has 1 aromatic carbocycles. The Labute approximate surface area is 123 Å². The quantitative estimate of drug-likeness (QED) is 0.830. The SMILES string of the molecule is C=C(CNC)CN1CCN(c2cccc(C)c2C)CC1. The number of aryl methyl sites for hydroxylation is 1. The highest BCUT2D eigenvalue weighted by atomic mass is 15.3. The molecule has 0 aliphatic carbocycles. The molecule has 1 aliphatic heterocycles. The average Bonchev–Trinajstić information content (AvgIpc) is 2.43. The first-order valence-corrected chi connectivity index (χ1v) is 7.46. The standard InChI is InChI=1S/C17H27N3/c1-14(12-18-4)13-19-8-10-20(11-9-19)17-7-5-6-15(2)16(17)3/h5-7,18H,1,8-13H2,2-4H3. The molecule has 1 N–H and O–H groups in total. The maximum absolute atomic E-state index is 4.12. The van der Waals surface area contributed by atoms with Crippen LogP contribution in [0.5, 0.6) is 0 Å². The first-order valence-electron chi connectivity index (χ1n) is 7.46. The summed E-state index contributed by atoms with van der Waals surface area (Å²) >= 11 is 0. The molecule has 0 unspecified atom stereocenters. The van der Waals surface area contributed by atoms with E-state index in [1.54, 1.807) is 0 Å². The second-order valence-corrected chi connectivity index (χ2v) is 5.76. The molecule has 0 amide bonds. The van der Waals surface area contributed by atoms with Crippen LogP contribution in [0.25, 0.3) is 0 Å². The number of rotatable bonds is 5. The minimum atomic E-state index is 0.914. The summed E-state index contributed by atoms with van der Waals surface area (Å²) in [5.41, 5.74) is 5.47. The predicted molar refractivity (Wildman–Crippen MR) is 87.6 cm³/mol. The van der Waals surface area contributed by atoms with Crippen LogP contribution in [0.1, 0.15) is 11.1 Å². The van der Waals surface area contributed by atoms with Crippen LogP contribution in [0.2, 0.25) is 0 Å². The molecule has 1 heterocycles. The Morgan fingerprint density at radius 2 is 1.90 bits per heavy atom. The third kappa shape index (κ3) is 3.62. The van der Waals surface area contributed by atoms with Crippen molar-refractivity contribution in [2.45, 2.75) is 13.8 Å². The highest BCUT2D eigenvalue weighted by Gasteiger charge is 2.18. The highest BCUT2D eigenvalue weighted by molar-refractivity contribution is 5.56. The molecule has 0 bridgehead atoms. The van der Waals surface area contributed by atoms with Crippen molar-refractivity contribution in [2.75, 3.05) is 51.2 Å². The summed E-state index contributed by atoms with van der Waals surface area (Å²) < 4.78 is 0. The van der Waals surface area contributed by atoms with E-state index in [0.29, 0.717) is 0 Å². The molecule has 1 aromatic rings. The van der Waals surface area contributed by atoms with Crippen molar-refractivity contribution in [1.82, 2.24) is 10.2 Å². The number of anilines is 1. The van der Waals surface area contributed by atoms with Gasteiger partial charge in [-0.05, 0) is 43.7 Å². The van der Waals surface area contributed by atoms with Gasteiger partial charge >= 0.3 is 0 Å². The molecular formula is C17H27N3. The van der Waals surface area contributed by atoms with E-state index in [1.807, 2.05) is 7.05 Å². The Kier molecular flexibility index (Phi) is 5.21. The van der Waals surface area contributed by atoms with Crippen LogP contribution in [0, 0.1) is 13.8 Å². The second kappa shape index (κ2) is 6.91. The monoisotopic (exact) mass is 273 g/mol. The molecule has 110 valence electrons. The van der Waals surface area contributed by atoms with Gasteiger partial charge in [0, 0.05) is 45.0 Å². The van der Waals surface area contributed by atoms with E-state index in [0.717, 1.165) is 39.3 Å². The van der Waals surface area contributed by atoms with Crippen LogP contribution in [0.3, 0.4) is 0 Å². The fourth-order valence-electron chi connectivity index (χ4n) is 2.85. The Hall–Kier alpha value is -1.32. The molecule has 1 fully saturated rings. The molecule has 0 spiro atoms. The summed E-state index contributed by atoms with van der Waals surface area (Å²) in [5, 5.41) is 3.17. The van der Waals surface area contributed by atoms with Gasteiger partial charge in [-0.15, -0.1) is 0 Å². The second-order valence-electron chi connectivity index (χ2n) is 5.76. The van der Waals surface area contributed by atoms with E-state index < -0.39 is 0 Å². The highest BCUT2D eigenvalue weighted by Crippen LogP contribution is 2.23. The number of benzene rings is 1. The van der Waals surface area contributed by atoms with Crippen molar-refractivity contribution >= 4 is 5.69 Å². The molecule has 3 heteroatoms. The Balaban J connectivity index is 1.91. The van der Waals surface area contributed by atoms with E-state index >= 15 is 0 Å². The maximum Gasteiger partial charge on any atom is 0.0399 e. The van der Waals surface area contributed by atoms with Gasteiger partial charge in [-0.3, -0.25) is 4.90 Å². The van der Waals surface area contributed by atoms with Gasteiger partial charge in [0.05, 0.1) is 0 Å². The third-order valence-electron chi connectivity index (χ3n) is 4.16. The molecule has 0 atom stereocenters. The summed E-state index contributed by atoms with van der Waals surface area (Å²) in [6.07, 6.45) is 0. The molecule has 1 saturated heterocycles. The van der Waals surface area contributed by atoms with Crippen LogP contribution in [-0.4, -0.2) is 51.2 Å². The first kappa shape index (κ1) is 15.1. The molecule has 0 radical (unpaired) electrons. The van der Waals surface area contributed by atoms with Gasteiger partial charge in [-0.25, -0.2) is 0 Å². The van der Waals surface area contributed by atoms with E-state index in [-0.39, 0.29) is 0 Å². The topological polar surface area (TPSA) is 18.5 Å². The molecule has 1 aliphatic rings. The van der Waals surface area contributed by atoms with Crippen LogP contribution in [0.15, 0.2) is 30.4 Å². The smallest absolute Gasteiger partial charge is 0.0399 e. The third-order valence-corrected chi connectivity index (χ3v) is 4.16. The van der Waals surface area contributed by atoms with Crippen LogP contribution in [-0.2, 0) is 0 Å². The molecular weight excluding hydrogens is 246 g/mol. The zero-order valence-corrected chi connectivity index (χ0v) is 13.1. The van der Waals surface area contributed by atoms with Gasteiger partial charge in [0.15, 0.2) is 0 Å². The average molecular weight is 273 g/mol. The number of hydrogen-bond acceptors (Lipinski definition) is 3. The van der Waals surface area contributed by atoms with Crippen LogP contribution >= 0.6 is 0 Å². The first-order chi connectivity index (χ1) is 9.61. The molecule has 3 nitrogen and oxygen atoms in total. The molecule has 2 rings (SSSR count). The zero-order chi connectivity index (χ0) is 14.5. The van der Waals surface area contributed by atoms with Gasteiger partial charge in [-0.2, -0.15) is 0 Å². The number of piperazine rings is 1. The van der Waals surface area contributed by atoms with Gasteiger partial charge in [-0.1, -0.05) is 18.7 Å². The summed E-state index contributed by atoms with van der Waals surface area (Å²) in [6, 6.07) is 6.60.